The Morgan fingerprint density at radius 3 is 2.27 bits per heavy atom. The van der Waals surface area contributed by atoms with Crippen LogP contribution in [0.15, 0.2) is 50.6 Å². The van der Waals surface area contributed by atoms with Crippen LogP contribution in [0.1, 0.15) is 33.6 Å². The molecule has 138 valence electrons. The van der Waals surface area contributed by atoms with Gasteiger partial charge in [0.15, 0.2) is 0 Å². The number of aryl methyl sites for hydroxylation is 2. The molecule has 3 rings (SSSR count). The first-order valence-electron chi connectivity index (χ1n) is 8.41. The van der Waals surface area contributed by atoms with Gasteiger partial charge in [-0.05, 0) is 84.5 Å². The molecular weight excluding hydrogens is 366 g/mol. The first kappa shape index (κ1) is 18.9. The molecule has 0 N–H and O–H groups in total. The van der Waals surface area contributed by atoms with Gasteiger partial charge in [0, 0.05) is 6.54 Å². The molecule has 0 aliphatic heterocycles. The van der Waals surface area contributed by atoms with Crippen molar-refractivity contribution in [2.75, 3.05) is 0 Å². The third kappa shape index (κ3) is 3.63. The smallest absolute Gasteiger partial charge is 0.244 e. The molecule has 3 aromatic rings. The molecule has 0 saturated heterocycles. The van der Waals surface area contributed by atoms with Crippen LogP contribution in [-0.4, -0.2) is 12.7 Å². The van der Waals surface area contributed by atoms with Crippen molar-refractivity contribution in [1.82, 2.24) is 4.31 Å². The molecule has 0 aliphatic carbocycles. The minimum atomic E-state index is -3.68. The second-order valence-electron chi connectivity index (χ2n) is 6.57. The van der Waals surface area contributed by atoms with E-state index in [1.165, 1.54) is 4.31 Å². The Bertz CT molecular complexity index is 926. The summed E-state index contributed by atoms with van der Waals surface area (Å²) in [6.07, 6.45) is 1.57. The summed E-state index contributed by atoms with van der Waals surface area (Å²) in [5.41, 5.74) is 4.57. The maximum atomic E-state index is 13.6. The Balaban J connectivity index is 2.10. The number of hydrogen-bond donors (Lipinski definition) is 0. The summed E-state index contributed by atoms with van der Waals surface area (Å²) in [6.45, 7) is 8.19. The first-order chi connectivity index (χ1) is 12.3. The molecule has 2 heterocycles. The molecule has 0 unspecified atom stereocenters. The first-order valence-corrected chi connectivity index (χ1v) is 10.8. The van der Waals surface area contributed by atoms with Gasteiger partial charge >= 0.3 is 0 Å². The molecule has 0 fully saturated rings. The molecule has 0 saturated carbocycles. The molecule has 26 heavy (non-hydrogen) atoms. The Morgan fingerprint density at radius 1 is 1.04 bits per heavy atom. The molecule has 0 atom stereocenters. The number of hydrogen-bond acceptors (Lipinski definition) is 4. The summed E-state index contributed by atoms with van der Waals surface area (Å²) >= 11 is 1.56. The van der Waals surface area contributed by atoms with E-state index in [9.17, 15) is 8.42 Å². The number of benzene rings is 1. The van der Waals surface area contributed by atoms with E-state index < -0.39 is 10.0 Å². The highest BCUT2D eigenvalue weighted by Gasteiger charge is 2.30. The van der Waals surface area contributed by atoms with Gasteiger partial charge in [0.25, 0.3) is 0 Å². The van der Waals surface area contributed by atoms with E-state index in [4.69, 9.17) is 4.42 Å². The van der Waals surface area contributed by atoms with Gasteiger partial charge in [0.2, 0.25) is 10.0 Å². The van der Waals surface area contributed by atoms with Gasteiger partial charge in [-0.3, -0.25) is 0 Å². The quantitative estimate of drug-likeness (QED) is 0.598. The molecule has 0 amide bonds. The molecule has 0 aliphatic rings. The minimum Gasteiger partial charge on any atom is -0.468 e. The van der Waals surface area contributed by atoms with E-state index in [1.54, 1.807) is 29.7 Å². The third-order valence-corrected chi connectivity index (χ3v) is 7.54. The van der Waals surface area contributed by atoms with Crippen LogP contribution in [0.2, 0.25) is 0 Å². The number of sulfonamides is 1. The average Bonchev–Trinajstić information content (AvgIpc) is 3.26. The van der Waals surface area contributed by atoms with E-state index in [-0.39, 0.29) is 6.54 Å². The highest BCUT2D eigenvalue weighted by atomic mass is 32.2. The molecule has 1 aromatic carbocycles. The maximum Gasteiger partial charge on any atom is 0.244 e. The zero-order valence-corrected chi connectivity index (χ0v) is 17.1. The Labute approximate surface area is 159 Å². The van der Waals surface area contributed by atoms with Crippen molar-refractivity contribution in [3.8, 4) is 0 Å². The number of furan rings is 1. The molecule has 4 nitrogen and oxygen atoms in total. The van der Waals surface area contributed by atoms with Crippen LogP contribution < -0.4 is 0 Å². The predicted octanol–water partition coefficient (Wildman–Crippen LogP) is 4.97. The van der Waals surface area contributed by atoms with E-state index in [0.29, 0.717) is 17.2 Å². The van der Waals surface area contributed by atoms with Crippen LogP contribution in [0.25, 0.3) is 0 Å². The topological polar surface area (TPSA) is 50.5 Å². The van der Waals surface area contributed by atoms with E-state index in [0.717, 1.165) is 27.8 Å². The van der Waals surface area contributed by atoms with Gasteiger partial charge in [0.1, 0.15) is 5.76 Å². The van der Waals surface area contributed by atoms with Crippen molar-refractivity contribution < 1.29 is 12.8 Å². The molecule has 2 aromatic heterocycles. The number of thiophene rings is 1. The summed E-state index contributed by atoms with van der Waals surface area (Å²) in [7, 11) is -3.68. The lowest BCUT2D eigenvalue weighted by atomic mass is 10.0. The third-order valence-electron chi connectivity index (χ3n) is 4.75. The summed E-state index contributed by atoms with van der Waals surface area (Å²) < 4.78 is 34.2. The minimum absolute atomic E-state index is 0.205. The van der Waals surface area contributed by atoms with Crippen LogP contribution >= 0.6 is 11.3 Å². The van der Waals surface area contributed by atoms with E-state index >= 15 is 0 Å². The largest absolute Gasteiger partial charge is 0.468 e. The monoisotopic (exact) mass is 389 g/mol. The fraction of sp³-hybridized carbons (Fsp3) is 0.300. The average molecular weight is 390 g/mol. The zero-order chi connectivity index (χ0) is 18.9. The van der Waals surface area contributed by atoms with Crippen molar-refractivity contribution in [3.63, 3.8) is 0 Å². The van der Waals surface area contributed by atoms with Crippen LogP contribution in [0.5, 0.6) is 0 Å². The summed E-state index contributed by atoms with van der Waals surface area (Å²) in [6, 6.07) is 7.57. The highest BCUT2D eigenvalue weighted by Crippen LogP contribution is 2.30. The molecule has 6 heteroatoms. The van der Waals surface area contributed by atoms with Crippen molar-refractivity contribution in [2.45, 2.75) is 45.7 Å². The lowest BCUT2D eigenvalue weighted by molar-refractivity contribution is 0.358. The number of rotatable bonds is 6. The van der Waals surface area contributed by atoms with Gasteiger partial charge < -0.3 is 4.42 Å². The van der Waals surface area contributed by atoms with Crippen molar-refractivity contribution >= 4 is 21.4 Å². The summed E-state index contributed by atoms with van der Waals surface area (Å²) in [5, 5.41) is 3.94. The van der Waals surface area contributed by atoms with Crippen molar-refractivity contribution in [1.29, 1.82) is 0 Å². The molecule has 0 bridgehead atoms. The van der Waals surface area contributed by atoms with E-state index in [1.807, 2.05) is 50.6 Å². The van der Waals surface area contributed by atoms with Crippen LogP contribution in [0.3, 0.4) is 0 Å². The SMILES string of the molecule is Cc1cc(C)c(C)c(S(=O)(=O)N(Cc2ccsc2)Cc2ccco2)c1C. The second-order valence-corrected chi connectivity index (χ2v) is 9.23. The Kier molecular flexibility index (Phi) is 5.37. The fourth-order valence-corrected chi connectivity index (χ4v) is 5.72. The summed E-state index contributed by atoms with van der Waals surface area (Å²) in [5.74, 6) is 0.628. The van der Waals surface area contributed by atoms with E-state index in [2.05, 4.69) is 0 Å². The fourth-order valence-electron chi connectivity index (χ4n) is 3.09. The lowest BCUT2D eigenvalue weighted by Gasteiger charge is -2.24. The lowest BCUT2D eigenvalue weighted by Crippen LogP contribution is -2.31. The molecule has 0 radical (unpaired) electrons. The van der Waals surface area contributed by atoms with Gasteiger partial charge in [-0.1, -0.05) is 6.07 Å². The van der Waals surface area contributed by atoms with Gasteiger partial charge in [-0.25, -0.2) is 8.42 Å². The Hall–Kier alpha value is -1.89. The number of nitrogens with zero attached hydrogens (tertiary/aromatic N) is 1. The summed E-state index contributed by atoms with van der Waals surface area (Å²) in [4.78, 5) is 0.414. The van der Waals surface area contributed by atoms with Crippen LogP contribution in [0.4, 0.5) is 0 Å². The Morgan fingerprint density at radius 2 is 1.73 bits per heavy atom. The van der Waals surface area contributed by atoms with Crippen molar-refractivity contribution in [2.24, 2.45) is 0 Å². The normalized spacial score (nSPS) is 12.0. The molecular formula is C20H23NO3S2. The predicted molar refractivity (Wildman–Crippen MR) is 105 cm³/mol. The van der Waals surface area contributed by atoms with Gasteiger partial charge in [-0.2, -0.15) is 15.6 Å². The van der Waals surface area contributed by atoms with Crippen LogP contribution in [-0.2, 0) is 23.1 Å². The molecule has 0 spiro atoms. The highest BCUT2D eigenvalue weighted by molar-refractivity contribution is 7.89. The second kappa shape index (κ2) is 7.39. The van der Waals surface area contributed by atoms with Gasteiger partial charge in [-0.15, -0.1) is 0 Å². The van der Waals surface area contributed by atoms with Crippen molar-refractivity contribution in [3.05, 3.63) is 74.9 Å². The van der Waals surface area contributed by atoms with Crippen LogP contribution in [0, 0.1) is 27.7 Å². The van der Waals surface area contributed by atoms with Gasteiger partial charge in [0.05, 0.1) is 17.7 Å². The standard InChI is InChI=1S/C20H23NO3S2/c1-14-10-15(2)17(4)20(16(14)3)26(22,23)21(11-18-7-9-25-13-18)12-19-6-5-8-24-19/h5-10,13H,11-12H2,1-4H3. The maximum absolute atomic E-state index is 13.6. The zero-order valence-electron chi connectivity index (χ0n) is 15.4.